The second-order valence-electron chi connectivity index (χ2n) is 6.31. The minimum atomic E-state index is -1.00. The molecule has 1 heterocycles. The molecule has 0 saturated heterocycles. The average molecular weight is 372 g/mol. The number of benzene rings is 3. The topological polar surface area (TPSA) is 76.7 Å². The first-order chi connectivity index (χ1) is 13.6. The summed E-state index contributed by atoms with van der Waals surface area (Å²) in [6.07, 6.45) is 0. The number of aromatic carboxylic acids is 1. The Morgan fingerprint density at radius 1 is 0.857 bits per heavy atom. The van der Waals surface area contributed by atoms with Gasteiger partial charge in [0.05, 0.1) is 11.1 Å². The van der Waals surface area contributed by atoms with Gasteiger partial charge < -0.3 is 14.3 Å². The highest BCUT2D eigenvalue weighted by Gasteiger charge is 2.12. The van der Waals surface area contributed by atoms with Gasteiger partial charge in [-0.25, -0.2) is 9.59 Å². The van der Waals surface area contributed by atoms with E-state index >= 15 is 0 Å². The fraction of sp³-hybridized carbons (Fsp3) is 0.0435. The maximum atomic E-state index is 12.2. The van der Waals surface area contributed by atoms with Gasteiger partial charge in [-0.1, -0.05) is 48.5 Å². The molecule has 5 heteroatoms. The van der Waals surface area contributed by atoms with E-state index in [1.807, 2.05) is 36.4 Å². The minimum Gasteiger partial charge on any atom is -0.478 e. The zero-order chi connectivity index (χ0) is 19.5. The number of carbonyl (C=O) groups excluding carboxylic acids is 1. The van der Waals surface area contributed by atoms with Crippen molar-refractivity contribution in [3.8, 4) is 11.3 Å². The van der Waals surface area contributed by atoms with Crippen LogP contribution in [-0.2, 0) is 11.3 Å². The van der Waals surface area contributed by atoms with Gasteiger partial charge in [0.1, 0.15) is 18.0 Å². The van der Waals surface area contributed by atoms with E-state index < -0.39 is 11.9 Å². The first kappa shape index (κ1) is 17.5. The summed E-state index contributed by atoms with van der Waals surface area (Å²) < 4.78 is 11.1. The number of ether oxygens (including phenoxy) is 1. The molecule has 0 aliphatic heterocycles. The minimum absolute atomic E-state index is 0.171. The molecule has 4 aromatic rings. The third-order valence-corrected chi connectivity index (χ3v) is 4.38. The fourth-order valence-electron chi connectivity index (χ4n) is 2.88. The van der Waals surface area contributed by atoms with Crippen LogP contribution in [0, 0.1) is 0 Å². The van der Waals surface area contributed by atoms with Gasteiger partial charge in [-0.2, -0.15) is 0 Å². The van der Waals surface area contributed by atoms with E-state index in [1.165, 1.54) is 12.1 Å². The summed E-state index contributed by atoms with van der Waals surface area (Å²) in [7, 11) is 0. The van der Waals surface area contributed by atoms with E-state index in [-0.39, 0.29) is 12.2 Å². The molecule has 1 N–H and O–H groups in total. The molecule has 0 unspecified atom stereocenters. The van der Waals surface area contributed by atoms with Crippen molar-refractivity contribution >= 4 is 22.9 Å². The summed E-state index contributed by atoms with van der Waals surface area (Å²) in [6.45, 7) is 0.219. The number of hydrogen-bond donors (Lipinski definition) is 1. The van der Waals surface area contributed by atoms with Crippen molar-refractivity contribution in [3.05, 3.63) is 95.6 Å². The molecule has 1 aromatic heterocycles. The number of hydrogen-bond acceptors (Lipinski definition) is 4. The molecular formula is C23H16O5. The molecule has 0 fully saturated rings. The lowest BCUT2D eigenvalue weighted by Gasteiger charge is -2.05. The summed E-state index contributed by atoms with van der Waals surface area (Å²) >= 11 is 0. The molecule has 138 valence electrons. The Balaban J connectivity index is 1.50. The predicted octanol–water partition coefficient (Wildman–Crippen LogP) is 5.16. The van der Waals surface area contributed by atoms with E-state index in [2.05, 4.69) is 0 Å². The van der Waals surface area contributed by atoms with E-state index in [9.17, 15) is 9.59 Å². The molecule has 3 aromatic carbocycles. The molecule has 4 rings (SSSR count). The molecule has 5 nitrogen and oxygen atoms in total. The lowest BCUT2D eigenvalue weighted by molar-refractivity contribution is 0.0472. The van der Waals surface area contributed by atoms with Gasteiger partial charge in [-0.3, -0.25) is 0 Å². The number of carboxylic acids is 1. The summed E-state index contributed by atoms with van der Waals surface area (Å²) in [5, 5.41) is 9.89. The monoisotopic (exact) mass is 372 g/mol. The van der Waals surface area contributed by atoms with Gasteiger partial charge in [-0.05, 0) is 35.9 Å². The van der Waals surface area contributed by atoms with Gasteiger partial charge in [0.15, 0.2) is 0 Å². The van der Waals surface area contributed by atoms with Crippen LogP contribution in [0.5, 0.6) is 0 Å². The van der Waals surface area contributed by atoms with Gasteiger partial charge in [-0.15, -0.1) is 0 Å². The normalized spacial score (nSPS) is 10.7. The number of fused-ring (bicyclic) bond motifs is 1. The molecule has 0 radical (unpaired) electrons. The molecule has 0 saturated carbocycles. The summed E-state index contributed by atoms with van der Waals surface area (Å²) in [5.41, 5.74) is 2.83. The van der Waals surface area contributed by atoms with Crippen molar-refractivity contribution in [1.82, 2.24) is 0 Å². The SMILES string of the molecule is O=C(O)c1ccc2cc(-c3ccc(C(=O)OCc4ccccc4)cc3)oc2c1. The number of furan rings is 1. The third kappa shape index (κ3) is 3.64. The smallest absolute Gasteiger partial charge is 0.338 e. The van der Waals surface area contributed by atoms with Crippen molar-refractivity contribution in [2.45, 2.75) is 6.61 Å². The molecule has 0 aliphatic rings. The Bertz CT molecular complexity index is 1140. The van der Waals surface area contributed by atoms with E-state index in [1.54, 1.807) is 30.3 Å². The van der Waals surface area contributed by atoms with Crippen molar-refractivity contribution < 1.29 is 23.8 Å². The van der Waals surface area contributed by atoms with E-state index in [4.69, 9.17) is 14.3 Å². The van der Waals surface area contributed by atoms with Crippen LogP contribution in [0.25, 0.3) is 22.3 Å². The fourth-order valence-corrected chi connectivity index (χ4v) is 2.88. The third-order valence-electron chi connectivity index (χ3n) is 4.38. The molecule has 28 heavy (non-hydrogen) atoms. The Kier molecular flexibility index (Phi) is 4.64. The second kappa shape index (κ2) is 7.40. The summed E-state index contributed by atoms with van der Waals surface area (Å²) in [4.78, 5) is 23.3. The lowest BCUT2D eigenvalue weighted by atomic mass is 10.1. The Morgan fingerprint density at radius 2 is 1.57 bits per heavy atom. The predicted molar refractivity (Wildman–Crippen MR) is 104 cm³/mol. The highest BCUT2D eigenvalue weighted by Crippen LogP contribution is 2.29. The van der Waals surface area contributed by atoms with Gasteiger partial charge in [0.25, 0.3) is 0 Å². The van der Waals surface area contributed by atoms with Crippen LogP contribution >= 0.6 is 0 Å². The lowest BCUT2D eigenvalue weighted by Crippen LogP contribution is -2.04. The average Bonchev–Trinajstić information content (AvgIpc) is 3.16. The molecule has 0 atom stereocenters. The highest BCUT2D eigenvalue weighted by molar-refractivity contribution is 5.94. The summed E-state index contributed by atoms with van der Waals surface area (Å²) in [6, 6.07) is 23.0. The van der Waals surface area contributed by atoms with E-state index in [0.717, 1.165) is 16.5 Å². The number of esters is 1. The molecule has 0 bridgehead atoms. The number of carboxylic acid groups (broad SMARTS) is 1. The maximum Gasteiger partial charge on any atom is 0.338 e. The van der Waals surface area contributed by atoms with Crippen molar-refractivity contribution in [2.75, 3.05) is 0 Å². The Hall–Kier alpha value is -3.86. The highest BCUT2D eigenvalue weighted by atomic mass is 16.5. The van der Waals surface area contributed by atoms with Crippen molar-refractivity contribution in [3.63, 3.8) is 0 Å². The van der Waals surface area contributed by atoms with Crippen LogP contribution < -0.4 is 0 Å². The Labute approximate surface area is 160 Å². The maximum absolute atomic E-state index is 12.2. The largest absolute Gasteiger partial charge is 0.478 e. The standard InChI is InChI=1S/C23H16O5/c24-22(25)19-11-10-18-12-20(28-21(18)13-19)16-6-8-17(9-7-16)23(26)27-14-15-4-2-1-3-5-15/h1-13H,14H2,(H,24,25). The summed E-state index contributed by atoms with van der Waals surface area (Å²) in [5.74, 6) is -0.800. The zero-order valence-corrected chi connectivity index (χ0v) is 14.8. The Morgan fingerprint density at radius 3 is 2.29 bits per heavy atom. The first-order valence-electron chi connectivity index (χ1n) is 8.68. The quantitative estimate of drug-likeness (QED) is 0.490. The first-order valence-corrected chi connectivity index (χ1v) is 8.68. The number of carbonyl (C=O) groups is 2. The molecule has 0 aliphatic carbocycles. The zero-order valence-electron chi connectivity index (χ0n) is 14.8. The van der Waals surface area contributed by atoms with Gasteiger partial charge in [0, 0.05) is 10.9 Å². The molecule has 0 spiro atoms. The van der Waals surface area contributed by atoms with Crippen LogP contribution in [0.2, 0.25) is 0 Å². The van der Waals surface area contributed by atoms with Crippen molar-refractivity contribution in [2.24, 2.45) is 0 Å². The van der Waals surface area contributed by atoms with Crippen LogP contribution in [-0.4, -0.2) is 17.0 Å². The van der Waals surface area contributed by atoms with Gasteiger partial charge >= 0.3 is 11.9 Å². The van der Waals surface area contributed by atoms with Crippen LogP contribution in [0.15, 0.2) is 83.3 Å². The molecule has 0 amide bonds. The van der Waals surface area contributed by atoms with Crippen LogP contribution in [0.1, 0.15) is 26.3 Å². The van der Waals surface area contributed by atoms with Crippen molar-refractivity contribution in [1.29, 1.82) is 0 Å². The van der Waals surface area contributed by atoms with E-state index in [0.29, 0.717) is 16.9 Å². The molecular weight excluding hydrogens is 356 g/mol. The van der Waals surface area contributed by atoms with Crippen LogP contribution in [0.4, 0.5) is 0 Å². The van der Waals surface area contributed by atoms with Gasteiger partial charge in [0.2, 0.25) is 0 Å². The number of rotatable bonds is 5. The second-order valence-corrected chi connectivity index (χ2v) is 6.31. The van der Waals surface area contributed by atoms with Crippen LogP contribution in [0.3, 0.4) is 0 Å².